The Balaban J connectivity index is 2.91. The Morgan fingerprint density at radius 2 is 2.06 bits per heavy atom. The van der Waals surface area contributed by atoms with Gasteiger partial charge in [0.25, 0.3) is 5.91 Å². The van der Waals surface area contributed by atoms with Crippen LogP contribution in [0.25, 0.3) is 0 Å². The van der Waals surface area contributed by atoms with E-state index in [2.05, 4.69) is 15.9 Å². The Bertz CT molecular complexity index is 447. The van der Waals surface area contributed by atoms with Crippen LogP contribution in [0.3, 0.4) is 0 Å². The number of primary amides is 1. The van der Waals surface area contributed by atoms with E-state index >= 15 is 0 Å². The number of methoxy groups -OCH3 is 1. The van der Waals surface area contributed by atoms with E-state index in [4.69, 9.17) is 15.2 Å². The molecule has 0 bridgehead atoms. The van der Waals surface area contributed by atoms with Crippen molar-refractivity contribution in [3.63, 3.8) is 0 Å². The van der Waals surface area contributed by atoms with Gasteiger partial charge in [-0.2, -0.15) is 0 Å². The van der Waals surface area contributed by atoms with Gasteiger partial charge in [-0.05, 0) is 41.1 Å². The molecule has 0 aliphatic carbocycles. The third-order valence-corrected chi connectivity index (χ3v) is 2.77. The Morgan fingerprint density at radius 3 is 2.59 bits per heavy atom. The van der Waals surface area contributed by atoms with Crippen LogP contribution in [0.1, 0.15) is 17.3 Å². The number of nitrogens with two attached hydrogens (primary N) is 1. The molecule has 0 heterocycles. The van der Waals surface area contributed by atoms with Gasteiger partial charge in [0.1, 0.15) is 5.75 Å². The van der Waals surface area contributed by atoms with Crippen molar-refractivity contribution < 1.29 is 19.1 Å². The largest absolute Gasteiger partial charge is 0.497 e. The highest BCUT2D eigenvalue weighted by Crippen LogP contribution is 2.23. The summed E-state index contributed by atoms with van der Waals surface area (Å²) in [6.45, 7) is 1.41. The molecule has 5 nitrogen and oxygen atoms in total. The highest BCUT2D eigenvalue weighted by atomic mass is 79.9. The molecule has 0 saturated carbocycles. The molecule has 1 aromatic rings. The van der Waals surface area contributed by atoms with E-state index in [0.717, 1.165) is 0 Å². The standard InChI is InChI=1S/C11H12BrNO4/c1-6(10(13)14)17-11(15)8-5-7(16-2)3-4-9(8)12/h3-6H,1-2H3,(H2,13,14)/t6-/m1/s1. The first-order valence-corrected chi connectivity index (χ1v) is 5.59. The summed E-state index contributed by atoms with van der Waals surface area (Å²) in [6, 6.07) is 4.86. The average molecular weight is 302 g/mol. The van der Waals surface area contributed by atoms with Gasteiger partial charge in [0.05, 0.1) is 12.7 Å². The summed E-state index contributed by atoms with van der Waals surface area (Å²) in [5.41, 5.74) is 5.28. The van der Waals surface area contributed by atoms with Crippen molar-refractivity contribution in [2.45, 2.75) is 13.0 Å². The number of ether oxygens (including phenoxy) is 2. The van der Waals surface area contributed by atoms with Crippen molar-refractivity contribution in [1.29, 1.82) is 0 Å². The topological polar surface area (TPSA) is 78.6 Å². The zero-order chi connectivity index (χ0) is 13.0. The van der Waals surface area contributed by atoms with Crippen LogP contribution in [-0.4, -0.2) is 25.1 Å². The number of carbonyl (C=O) groups is 2. The molecule has 1 amide bonds. The molecule has 0 aliphatic rings. The van der Waals surface area contributed by atoms with Gasteiger partial charge in [0.15, 0.2) is 6.10 Å². The highest BCUT2D eigenvalue weighted by molar-refractivity contribution is 9.10. The summed E-state index contributed by atoms with van der Waals surface area (Å²) in [5.74, 6) is -0.814. The van der Waals surface area contributed by atoms with Gasteiger partial charge in [-0.25, -0.2) is 4.79 Å². The number of hydrogen-bond donors (Lipinski definition) is 1. The molecule has 0 saturated heterocycles. The molecule has 0 aliphatic heterocycles. The Hall–Kier alpha value is -1.56. The molecule has 0 spiro atoms. The first-order chi connectivity index (χ1) is 7.95. The lowest BCUT2D eigenvalue weighted by Crippen LogP contribution is -2.30. The number of hydrogen-bond acceptors (Lipinski definition) is 4. The van der Waals surface area contributed by atoms with Crippen molar-refractivity contribution in [3.8, 4) is 5.75 Å². The van der Waals surface area contributed by atoms with Crippen LogP contribution in [-0.2, 0) is 9.53 Å². The van der Waals surface area contributed by atoms with Gasteiger partial charge in [0, 0.05) is 4.47 Å². The molecule has 0 fully saturated rings. The lowest BCUT2D eigenvalue weighted by atomic mass is 10.2. The maximum Gasteiger partial charge on any atom is 0.340 e. The number of amides is 1. The fourth-order valence-corrected chi connectivity index (χ4v) is 1.48. The van der Waals surface area contributed by atoms with Crippen molar-refractivity contribution in [3.05, 3.63) is 28.2 Å². The normalized spacial score (nSPS) is 11.7. The van der Waals surface area contributed by atoms with Crippen LogP contribution in [0.2, 0.25) is 0 Å². The second kappa shape index (κ2) is 5.67. The fourth-order valence-electron chi connectivity index (χ4n) is 1.07. The van der Waals surface area contributed by atoms with Crippen molar-refractivity contribution in [2.24, 2.45) is 5.73 Å². The van der Waals surface area contributed by atoms with Gasteiger partial charge in [0.2, 0.25) is 0 Å². The molecule has 92 valence electrons. The minimum Gasteiger partial charge on any atom is -0.497 e. The van der Waals surface area contributed by atoms with Crippen LogP contribution in [0, 0.1) is 0 Å². The Kier molecular flexibility index (Phi) is 4.51. The zero-order valence-corrected chi connectivity index (χ0v) is 11.0. The molecule has 1 rings (SSSR count). The molecule has 0 radical (unpaired) electrons. The number of rotatable bonds is 4. The molecular weight excluding hydrogens is 290 g/mol. The Morgan fingerprint density at radius 1 is 1.41 bits per heavy atom. The number of halogens is 1. The van der Waals surface area contributed by atoms with E-state index in [9.17, 15) is 9.59 Å². The summed E-state index contributed by atoms with van der Waals surface area (Å²) in [6.07, 6.45) is -0.972. The van der Waals surface area contributed by atoms with Gasteiger partial charge in [-0.15, -0.1) is 0 Å². The maximum atomic E-state index is 11.7. The van der Waals surface area contributed by atoms with Crippen LogP contribution in [0.4, 0.5) is 0 Å². The van der Waals surface area contributed by atoms with Gasteiger partial charge in [-0.3, -0.25) is 4.79 Å². The summed E-state index contributed by atoms with van der Waals surface area (Å²) >= 11 is 3.21. The van der Waals surface area contributed by atoms with Crippen molar-refractivity contribution >= 4 is 27.8 Å². The summed E-state index contributed by atoms with van der Waals surface area (Å²) in [4.78, 5) is 22.5. The van der Waals surface area contributed by atoms with Gasteiger partial charge < -0.3 is 15.2 Å². The Labute approximate surface area is 107 Å². The lowest BCUT2D eigenvalue weighted by Gasteiger charge is -2.11. The average Bonchev–Trinajstić information content (AvgIpc) is 2.29. The smallest absolute Gasteiger partial charge is 0.340 e. The lowest BCUT2D eigenvalue weighted by molar-refractivity contribution is -0.125. The minimum absolute atomic E-state index is 0.275. The molecule has 0 aromatic heterocycles. The summed E-state index contributed by atoms with van der Waals surface area (Å²) in [5, 5.41) is 0. The first kappa shape index (κ1) is 13.5. The van der Waals surface area contributed by atoms with Crippen LogP contribution < -0.4 is 10.5 Å². The molecule has 2 N–H and O–H groups in total. The predicted octanol–water partition coefficient (Wildman–Crippen LogP) is 1.49. The zero-order valence-electron chi connectivity index (χ0n) is 9.40. The SMILES string of the molecule is COc1ccc(Br)c(C(=O)O[C@H](C)C(N)=O)c1. The summed E-state index contributed by atoms with van der Waals surface area (Å²) in [7, 11) is 1.49. The van der Waals surface area contributed by atoms with Crippen LogP contribution >= 0.6 is 15.9 Å². The fraction of sp³-hybridized carbons (Fsp3) is 0.273. The molecular formula is C11H12BrNO4. The van der Waals surface area contributed by atoms with Crippen LogP contribution in [0.15, 0.2) is 22.7 Å². The third kappa shape index (κ3) is 3.45. The monoisotopic (exact) mass is 301 g/mol. The second-order valence-electron chi connectivity index (χ2n) is 3.30. The third-order valence-electron chi connectivity index (χ3n) is 2.08. The number of esters is 1. The molecule has 1 atom stereocenters. The number of benzene rings is 1. The van der Waals surface area contributed by atoms with E-state index in [1.807, 2.05) is 0 Å². The minimum atomic E-state index is -0.972. The van der Waals surface area contributed by atoms with E-state index in [-0.39, 0.29) is 5.56 Å². The predicted molar refractivity (Wildman–Crippen MR) is 64.8 cm³/mol. The van der Waals surface area contributed by atoms with Crippen LogP contribution in [0.5, 0.6) is 5.75 Å². The first-order valence-electron chi connectivity index (χ1n) is 4.79. The van der Waals surface area contributed by atoms with Crippen molar-refractivity contribution in [1.82, 2.24) is 0 Å². The second-order valence-corrected chi connectivity index (χ2v) is 4.15. The molecule has 1 aromatic carbocycles. The molecule has 6 heteroatoms. The van der Waals surface area contributed by atoms with Gasteiger partial charge in [-0.1, -0.05) is 0 Å². The van der Waals surface area contributed by atoms with E-state index in [1.165, 1.54) is 20.1 Å². The van der Waals surface area contributed by atoms with Gasteiger partial charge >= 0.3 is 5.97 Å². The van der Waals surface area contributed by atoms with Crippen molar-refractivity contribution in [2.75, 3.05) is 7.11 Å². The quantitative estimate of drug-likeness (QED) is 0.855. The summed E-state index contributed by atoms with van der Waals surface area (Å²) < 4.78 is 10.4. The molecule has 17 heavy (non-hydrogen) atoms. The number of carbonyl (C=O) groups excluding carboxylic acids is 2. The van der Waals surface area contributed by atoms with E-state index in [0.29, 0.717) is 10.2 Å². The van der Waals surface area contributed by atoms with E-state index in [1.54, 1.807) is 12.1 Å². The maximum absolute atomic E-state index is 11.7. The highest BCUT2D eigenvalue weighted by Gasteiger charge is 2.18. The van der Waals surface area contributed by atoms with E-state index < -0.39 is 18.0 Å². The molecule has 0 unspecified atom stereocenters.